The minimum atomic E-state index is -0.648. The number of carbonyl (C=O) groups is 2. The minimum Gasteiger partial charge on any atom is -0.352 e. The third-order valence-corrected chi connectivity index (χ3v) is 3.60. The van der Waals surface area contributed by atoms with E-state index >= 15 is 0 Å². The zero-order valence-corrected chi connectivity index (χ0v) is 12.1. The van der Waals surface area contributed by atoms with Gasteiger partial charge in [0.15, 0.2) is 0 Å². The summed E-state index contributed by atoms with van der Waals surface area (Å²) >= 11 is 0. The fourth-order valence-electron chi connectivity index (χ4n) is 2.52. The van der Waals surface area contributed by atoms with E-state index in [0.29, 0.717) is 25.1 Å². The summed E-state index contributed by atoms with van der Waals surface area (Å²) in [4.78, 5) is 24.9. The number of benzene rings is 1. The van der Waals surface area contributed by atoms with E-state index < -0.39 is 11.6 Å². The van der Waals surface area contributed by atoms with Crippen LogP contribution >= 0.6 is 0 Å². The van der Waals surface area contributed by atoms with E-state index in [-0.39, 0.29) is 30.7 Å². The first-order valence-electron chi connectivity index (χ1n) is 7.13. The fourth-order valence-corrected chi connectivity index (χ4v) is 2.52. The first-order chi connectivity index (χ1) is 10.5. The summed E-state index contributed by atoms with van der Waals surface area (Å²) in [7, 11) is 0. The van der Waals surface area contributed by atoms with Crippen LogP contribution in [0.5, 0.6) is 0 Å². The maximum atomic E-state index is 13.0. The van der Waals surface area contributed by atoms with Gasteiger partial charge < -0.3 is 10.2 Å². The molecule has 4 nitrogen and oxygen atoms in total. The summed E-state index contributed by atoms with van der Waals surface area (Å²) in [6, 6.07) is 3.15. The van der Waals surface area contributed by atoms with Crippen molar-refractivity contribution < 1.29 is 18.4 Å². The van der Waals surface area contributed by atoms with Crippen molar-refractivity contribution in [3.63, 3.8) is 0 Å². The lowest BCUT2D eigenvalue weighted by molar-refractivity contribution is -0.126. The molecule has 1 aliphatic rings. The lowest BCUT2D eigenvalue weighted by atomic mass is 10.1. The first kappa shape index (κ1) is 16.1. The van der Waals surface area contributed by atoms with Gasteiger partial charge >= 0.3 is 0 Å². The van der Waals surface area contributed by atoms with Crippen LogP contribution in [0.15, 0.2) is 30.9 Å². The number of carbonyl (C=O) groups excluding carboxylic acids is 2. The Labute approximate surface area is 127 Å². The molecule has 6 heteroatoms. The quantitative estimate of drug-likeness (QED) is 0.843. The lowest BCUT2D eigenvalue weighted by Crippen LogP contribution is -2.38. The Balaban J connectivity index is 1.79. The van der Waals surface area contributed by atoms with Crippen LogP contribution in [0.2, 0.25) is 0 Å². The van der Waals surface area contributed by atoms with Gasteiger partial charge in [-0.05, 0) is 36.6 Å². The van der Waals surface area contributed by atoms with Gasteiger partial charge in [0.1, 0.15) is 11.6 Å². The molecule has 0 aliphatic carbocycles. The molecule has 1 fully saturated rings. The van der Waals surface area contributed by atoms with Crippen molar-refractivity contribution in [1.82, 2.24) is 10.2 Å². The Morgan fingerprint density at radius 2 is 2.00 bits per heavy atom. The van der Waals surface area contributed by atoms with E-state index in [1.54, 1.807) is 4.90 Å². The standard InChI is InChI=1S/C16H18F2N2O2/c1-2-16(22)20-6-5-14(10-20)19-15(21)4-3-11-7-12(17)9-13(18)8-11/h2,7-9,14H,1,3-6,10H2,(H,19,21)/t14-/m1/s1. The van der Waals surface area contributed by atoms with Crippen LogP contribution in [0.3, 0.4) is 0 Å². The molecule has 1 saturated heterocycles. The van der Waals surface area contributed by atoms with Gasteiger partial charge in [-0.25, -0.2) is 8.78 Å². The van der Waals surface area contributed by atoms with Gasteiger partial charge in [0, 0.05) is 31.6 Å². The molecule has 1 atom stereocenters. The first-order valence-corrected chi connectivity index (χ1v) is 7.13. The van der Waals surface area contributed by atoms with Crippen molar-refractivity contribution in [3.8, 4) is 0 Å². The SMILES string of the molecule is C=CC(=O)N1CC[C@@H](NC(=O)CCc2cc(F)cc(F)c2)C1. The van der Waals surface area contributed by atoms with Crippen molar-refractivity contribution in [2.75, 3.05) is 13.1 Å². The molecule has 1 aromatic rings. The summed E-state index contributed by atoms with van der Waals surface area (Å²) in [5, 5.41) is 2.83. The van der Waals surface area contributed by atoms with Gasteiger partial charge in [-0.3, -0.25) is 9.59 Å². The molecule has 0 aromatic heterocycles. The van der Waals surface area contributed by atoms with Gasteiger partial charge in [0.05, 0.1) is 0 Å². The maximum absolute atomic E-state index is 13.0. The molecule has 0 saturated carbocycles. The van der Waals surface area contributed by atoms with Crippen molar-refractivity contribution in [2.24, 2.45) is 0 Å². The number of aryl methyl sites for hydroxylation is 1. The van der Waals surface area contributed by atoms with Crippen LogP contribution in [-0.2, 0) is 16.0 Å². The Hall–Kier alpha value is -2.24. The molecular weight excluding hydrogens is 290 g/mol. The second kappa shape index (κ2) is 7.15. The molecule has 0 spiro atoms. The van der Waals surface area contributed by atoms with Gasteiger partial charge in [0.25, 0.3) is 0 Å². The highest BCUT2D eigenvalue weighted by Gasteiger charge is 2.25. The maximum Gasteiger partial charge on any atom is 0.246 e. The number of likely N-dealkylation sites (tertiary alicyclic amines) is 1. The molecule has 1 aliphatic heterocycles. The highest BCUT2D eigenvalue weighted by Crippen LogP contribution is 2.12. The molecule has 2 amide bonds. The van der Waals surface area contributed by atoms with Crippen LogP contribution in [0, 0.1) is 11.6 Å². The zero-order valence-electron chi connectivity index (χ0n) is 12.1. The number of halogens is 2. The molecule has 1 heterocycles. The predicted molar refractivity (Wildman–Crippen MR) is 78.0 cm³/mol. The number of rotatable bonds is 5. The van der Waals surface area contributed by atoms with E-state index in [1.807, 2.05) is 0 Å². The van der Waals surface area contributed by atoms with E-state index in [9.17, 15) is 18.4 Å². The minimum absolute atomic E-state index is 0.0827. The third kappa shape index (κ3) is 4.38. The summed E-state index contributed by atoms with van der Waals surface area (Å²) in [6.45, 7) is 4.48. The van der Waals surface area contributed by atoms with Crippen LogP contribution in [0.25, 0.3) is 0 Å². The second-order valence-electron chi connectivity index (χ2n) is 5.32. The Bertz CT molecular complexity index is 569. The molecule has 1 aromatic carbocycles. The molecule has 2 rings (SSSR count). The average molecular weight is 308 g/mol. The largest absolute Gasteiger partial charge is 0.352 e. The van der Waals surface area contributed by atoms with Crippen molar-refractivity contribution in [1.29, 1.82) is 0 Å². The number of amides is 2. The smallest absolute Gasteiger partial charge is 0.246 e. The monoisotopic (exact) mass is 308 g/mol. The van der Waals surface area contributed by atoms with E-state index in [1.165, 1.54) is 18.2 Å². The van der Waals surface area contributed by atoms with E-state index in [0.717, 1.165) is 6.07 Å². The molecular formula is C16H18F2N2O2. The predicted octanol–water partition coefficient (Wildman–Crippen LogP) is 1.80. The summed E-state index contributed by atoms with van der Waals surface area (Å²) in [5.41, 5.74) is 0.447. The number of nitrogens with one attached hydrogen (secondary N) is 1. The normalized spacial score (nSPS) is 17.4. The topological polar surface area (TPSA) is 49.4 Å². The third-order valence-electron chi connectivity index (χ3n) is 3.60. The lowest BCUT2D eigenvalue weighted by Gasteiger charge is -2.15. The Morgan fingerprint density at radius 3 is 2.64 bits per heavy atom. The highest BCUT2D eigenvalue weighted by molar-refractivity contribution is 5.87. The number of nitrogens with zero attached hydrogens (tertiary/aromatic N) is 1. The highest BCUT2D eigenvalue weighted by atomic mass is 19.1. The fraction of sp³-hybridized carbons (Fsp3) is 0.375. The number of hydrogen-bond acceptors (Lipinski definition) is 2. The second-order valence-corrected chi connectivity index (χ2v) is 5.32. The van der Waals surface area contributed by atoms with E-state index in [4.69, 9.17) is 0 Å². The van der Waals surface area contributed by atoms with Crippen molar-refractivity contribution in [2.45, 2.75) is 25.3 Å². The summed E-state index contributed by atoms with van der Waals surface area (Å²) in [5.74, 6) is -1.64. The van der Waals surface area contributed by atoms with E-state index in [2.05, 4.69) is 11.9 Å². The van der Waals surface area contributed by atoms with Gasteiger partial charge in [-0.1, -0.05) is 6.58 Å². The molecule has 22 heavy (non-hydrogen) atoms. The Morgan fingerprint density at radius 1 is 1.32 bits per heavy atom. The van der Waals surface area contributed by atoms with Crippen LogP contribution in [0.4, 0.5) is 8.78 Å². The van der Waals surface area contributed by atoms with Crippen LogP contribution in [-0.4, -0.2) is 35.8 Å². The Kier molecular flexibility index (Phi) is 5.25. The van der Waals surface area contributed by atoms with Gasteiger partial charge in [-0.15, -0.1) is 0 Å². The van der Waals surface area contributed by atoms with Crippen molar-refractivity contribution >= 4 is 11.8 Å². The molecule has 0 bridgehead atoms. The summed E-state index contributed by atoms with van der Waals surface area (Å²) in [6.07, 6.45) is 2.36. The number of hydrogen-bond donors (Lipinski definition) is 1. The molecule has 118 valence electrons. The zero-order chi connectivity index (χ0) is 16.1. The molecule has 0 unspecified atom stereocenters. The van der Waals surface area contributed by atoms with Crippen molar-refractivity contribution in [3.05, 3.63) is 48.1 Å². The van der Waals surface area contributed by atoms with Crippen LogP contribution < -0.4 is 5.32 Å². The summed E-state index contributed by atoms with van der Waals surface area (Å²) < 4.78 is 26.1. The molecule has 1 N–H and O–H groups in total. The van der Waals surface area contributed by atoms with Gasteiger partial charge in [0.2, 0.25) is 11.8 Å². The van der Waals surface area contributed by atoms with Gasteiger partial charge in [-0.2, -0.15) is 0 Å². The average Bonchev–Trinajstić information content (AvgIpc) is 2.92. The molecule has 0 radical (unpaired) electrons. The van der Waals surface area contributed by atoms with Crippen LogP contribution in [0.1, 0.15) is 18.4 Å².